The summed E-state index contributed by atoms with van der Waals surface area (Å²) < 4.78 is 5.66. The van der Waals surface area contributed by atoms with Crippen molar-refractivity contribution in [3.8, 4) is 11.5 Å². The molecule has 1 aliphatic heterocycles. The van der Waals surface area contributed by atoms with Gasteiger partial charge in [0.05, 0.1) is 5.25 Å². The highest BCUT2D eigenvalue weighted by molar-refractivity contribution is 8.00. The first-order valence-electron chi connectivity index (χ1n) is 7.62. The zero-order chi connectivity index (χ0) is 17.3. The van der Waals surface area contributed by atoms with Crippen LogP contribution in [0.5, 0.6) is 0 Å². The molecular formula is C16H18N4O3S. The lowest BCUT2D eigenvalue weighted by Gasteiger charge is -2.15. The zero-order valence-electron chi connectivity index (χ0n) is 13.7. The van der Waals surface area contributed by atoms with Crippen molar-refractivity contribution in [1.82, 2.24) is 20.4 Å². The summed E-state index contributed by atoms with van der Waals surface area (Å²) in [6.07, 6.45) is 0. The molecule has 0 saturated carbocycles. The topological polar surface area (TPSA) is 88.3 Å². The first-order chi connectivity index (χ1) is 11.4. The van der Waals surface area contributed by atoms with E-state index in [9.17, 15) is 9.59 Å². The minimum absolute atomic E-state index is 0.263. The third kappa shape index (κ3) is 3.43. The van der Waals surface area contributed by atoms with E-state index in [2.05, 4.69) is 21.6 Å². The van der Waals surface area contributed by atoms with Crippen molar-refractivity contribution in [2.45, 2.75) is 31.2 Å². The Morgan fingerprint density at radius 1 is 1.29 bits per heavy atom. The van der Waals surface area contributed by atoms with Gasteiger partial charge in [0.15, 0.2) is 0 Å². The number of nitrogens with one attached hydrogen (secondary N) is 1. The van der Waals surface area contributed by atoms with Crippen LogP contribution >= 0.6 is 11.8 Å². The number of aromatic nitrogens is 2. The van der Waals surface area contributed by atoms with Gasteiger partial charge in [-0.15, -0.1) is 10.2 Å². The van der Waals surface area contributed by atoms with E-state index in [0.29, 0.717) is 24.2 Å². The van der Waals surface area contributed by atoms with E-state index in [1.165, 1.54) is 4.90 Å². The molecule has 2 aromatic rings. The second kappa shape index (κ2) is 6.64. The third-order valence-electron chi connectivity index (χ3n) is 3.62. The van der Waals surface area contributed by atoms with Gasteiger partial charge in [-0.3, -0.25) is 9.69 Å². The average Bonchev–Trinajstić information content (AvgIpc) is 3.14. The summed E-state index contributed by atoms with van der Waals surface area (Å²) in [4.78, 5) is 25.0. The van der Waals surface area contributed by atoms with Crippen molar-refractivity contribution in [3.63, 3.8) is 0 Å². The molecule has 0 bridgehead atoms. The number of hydrogen-bond acceptors (Lipinski definition) is 6. The molecule has 1 N–H and O–H groups in total. The normalized spacial score (nSPS) is 15.5. The maximum atomic E-state index is 12.3. The molecule has 1 atom stereocenters. The molecule has 3 rings (SSSR count). The van der Waals surface area contributed by atoms with Crippen LogP contribution in [0, 0.1) is 13.8 Å². The summed E-state index contributed by atoms with van der Waals surface area (Å²) in [5, 5.41) is 10.5. The SMILES string of the molecule is Cc1cc(C)cc(-c2nnc(S[C@H](C)C(=O)N3CCNC3=O)o2)c1. The number of benzene rings is 1. The Morgan fingerprint density at radius 3 is 2.62 bits per heavy atom. The van der Waals surface area contributed by atoms with Crippen molar-refractivity contribution < 1.29 is 14.0 Å². The van der Waals surface area contributed by atoms with Crippen LogP contribution in [0.15, 0.2) is 27.8 Å². The van der Waals surface area contributed by atoms with E-state index in [1.54, 1.807) is 6.92 Å². The van der Waals surface area contributed by atoms with Crippen LogP contribution in [0.1, 0.15) is 18.1 Å². The Morgan fingerprint density at radius 2 is 2.00 bits per heavy atom. The third-order valence-corrected chi connectivity index (χ3v) is 4.55. The molecule has 8 heteroatoms. The number of carbonyl (C=O) groups is 2. The van der Waals surface area contributed by atoms with Crippen molar-refractivity contribution >= 4 is 23.7 Å². The lowest BCUT2D eigenvalue weighted by Crippen LogP contribution is -2.38. The van der Waals surface area contributed by atoms with Crippen molar-refractivity contribution in [3.05, 3.63) is 29.3 Å². The predicted octanol–water partition coefficient (Wildman–Crippen LogP) is 2.39. The van der Waals surface area contributed by atoms with E-state index >= 15 is 0 Å². The zero-order valence-corrected chi connectivity index (χ0v) is 14.5. The molecule has 1 aromatic heterocycles. The van der Waals surface area contributed by atoms with E-state index in [1.807, 2.05) is 26.0 Å². The van der Waals surface area contributed by atoms with Gasteiger partial charge in [0.1, 0.15) is 0 Å². The van der Waals surface area contributed by atoms with E-state index < -0.39 is 5.25 Å². The molecule has 1 saturated heterocycles. The maximum absolute atomic E-state index is 12.3. The van der Waals surface area contributed by atoms with Gasteiger partial charge in [-0.25, -0.2) is 4.79 Å². The largest absolute Gasteiger partial charge is 0.411 e. The number of thioether (sulfide) groups is 1. The molecule has 0 aliphatic carbocycles. The smallest absolute Gasteiger partial charge is 0.324 e. The fraction of sp³-hybridized carbons (Fsp3) is 0.375. The highest BCUT2D eigenvalue weighted by Gasteiger charge is 2.31. The molecule has 24 heavy (non-hydrogen) atoms. The van der Waals surface area contributed by atoms with Crippen molar-refractivity contribution in [2.24, 2.45) is 0 Å². The Balaban J connectivity index is 1.71. The van der Waals surface area contributed by atoms with Crippen LogP contribution < -0.4 is 5.32 Å². The van der Waals surface area contributed by atoms with Gasteiger partial charge in [0.2, 0.25) is 11.8 Å². The molecule has 1 fully saturated rings. The molecule has 3 amide bonds. The quantitative estimate of drug-likeness (QED) is 0.855. The summed E-state index contributed by atoms with van der Waals surface area (Å²) in [5.74, 6) is 0.156. The van der Waals surface area contributed by atoms with Crippen LogP contribution in [-0.4, -0.2) is 45.4 Å². The van der Waals surface area contributed by atoms with Crippen LogP contribution in [0.4, 0.5) is 4.79 Å². The summed E-state index contributed by atoms with van der Waals surface area (Å²) >= 11 is 1.15. The number of aryl methyl sites for hydroxylation is 2. The van der Waals surface area contributed by atoms with Crippen LogP contribution in [0.2, 0.25) is 0 Å². The summed E-state index contributed by atoms with van der Waals surface area (Å²) in [6, 6.07) is 5.65. The first kappa shape index (κ1) is 16.5. The molecule has 0 spiro atoms. The number of nitrogens with zero attached hydrogens (tertiary/aromatic N) is 3. The molecule has 0 radical (unpaired) electrons. The Bertz CT molecular complexity index is 769. The Labute approximate surface area is 143 Å². The minimum Gasteiger partial charge on any atom is -0.411 e. The average molecular weight is 346 g/mol. The van der Waals surface area contributed by atoms with Gasteiger partial charge >= 0.3 is 6.03 Å². The first-order valence-corrected chi connectivity index (χ1v) is 8.50. The second-order valence-electron chi connectivity index (χ2n) is 5.73. The number of amides is 3. The monoisotopic (exact) mass is 346 g/mol. The van der Waals surface area contributed by atoms with E-state index in [0.717, 1.165) is 28.5 Å². The summed E-state index contributed by atoms with van der Waals surface area (Å²) in [7, 11) is 0. The highest BCUT2D eigenvalue weighted by Crippen LogP contribution is 2.28. The molecule has 1 aliphatic rings. The van der Waals surface area contributed by atoms with Gasteiger partial charge in [-0.05, 0) is 32.9 Å². The van der Waals surface area contributed by atoms with Gasteiger partial charge in [-0.2, -0.15) is 0 Å². The maximum Gasteiger partial charge on any atom is 0.324 e. The lowest BCUT2D eigenvalue weighted by atomic mass is 10.1. The standard InChI is InChI=1S/C16H18N4O3S/c1-9-6-10(2)8-12(7-9)13-18-19-16(23-13)24-11(3)14(21)20-5-4-17-15(20)22/h6-8,11H,4-5H2,1-3H3,(H,17,22)/t11-/m1/s1. The molecule has 0 unspecified atom stereocenters. The van der Waals surface area contributed by atoms with Crippen LogP contribution in [0.25, 0.3) is 11.5 Å². The molecule has 126 valence electrons. The number of hydrogen-bond donors (Lipinski definition) is 1. The molecule has 1 aromatic carbocycles. The molecular weight excluding hydrogens is 328 g/mol. The molecule has 7 nitrogen and oxygen atoms in total. The lowest BCUT2D eigenvalue weighted by molar-refractivity contribution is -0.126. The second-order valence-corrected chi connectivity index (χ2v) is 7.02. The van der Waals surface area contributed by atoms with Crippen molar-refractivity contribution in [1.29, 1.82) is 0 Å². The Kier molecular flexibility index (Phi) is 4.57. The minimum atomic E-state index is -0.485. The van der Waals surface area contributed by atoms with Gasteiger partial charge < -0.3 is 9.73 Å². The van der Waals surface area contributed by atoms with Crippen molar-refractivity contribution in [2.75, 3.05) is 13.1 Å². The summed E-state index contributed by atoms with van der Waals surface area (Å²) in [5.41, 5.74) is 3.08. The van der Waals surface area contributed by atoms with Crippen LogP contribution in [-0.2, 0) is 4.79 Å². The van der Waals surface area contributed by atoms with E-state index in [4.69, 9.17) is 4.42 Å². The number of carbonyl (C=O) groups excluding carboxylic acids is 2. The summed E-state index contributed by atoms with van der Waals surface area (Å²) in [6.45, 7) is 6.60. The Hall–Kier alpha value is -2.35. The number of imide groups is 1. The van der Waals surface area contributed by atoms with Gasteiger partial charge in [0, 0.05) is 18.7 Å². The van der Waals surface area contributed by atoms with Crippen LogP contribution in [0.3, 0.4) is 0 Å². The van der Waals surface area contributed by atoms with E-state index in [-0.39, 0.29) is 11.9 Å². The fourth-order valence-corrected chi connectivity index (χ4v) is 3.32. The highest BCUT2D eigenvalue weighted by atomic mass is 32.2. The fourth-order valence-electron chi connectivity index (χ4n) is 2.58. The predicted molar refractivity (Wildman–Crippen MR) is 89.6 cm³/mol. The number of urea groups is 1. The van der Waals surface area contributed by atoms with Gasteiger partial charge in [0.25, 0.3) is 5.22 Å². The molecule has 2 heterocycles. The van der Waals surface area contributed by atoms with Gasteiger partial charge in [-0.1, -0.05) is 29.0 Å². The number of rotatable bonds is 4.